The van der Waals surface area contributed by atoms with E-state index < -0.39 is 0 Å². The summed E-state index contributed by atoms with van der Waals surface area (Å²) >= 11 is 0. The molecule has 5 nitrogen and oxygen atoms in total. The zero-order valence-electron chi connectivity index (χ0n) is 10.9. The molecule has 1 aromatic carbocycles. The number of rotatable bonds is 3. The molecule has 0 bridgehead atoms. The summed E-state index contributed by atoms with van der Waals surface area (Å²) in [5.41, 5.74) is 1.04. The molecule has 0 aromatic heterocycles. The number of amides is 1. The van der Waals surface area contributed by atoms with Crippen molar-refractivity contribution >= 4 is 11.6 Å². The Morgan fingerprint density at radius 2 is 2.11 bits per heavy atom. The molecule has 1 fully saturated rings. The van der Waals surface area contributed by atoms with Gasteiger partial charge in [0, 0.05) is 13.1 Å². The molecule has 0 saturated carbocycles. The van der Waals surface area contributed by atoms with Gasteiger partial charge in [-0.2, -0.15) is 5.26 Å². The van der Waals surface area contributed by atoms with E-state index in [1.54, 1.807) is 24.3 Å². The molecule has 0 aliphatic carbocycles. The quantitative estimate of drug-likeness (QED) is 0.886. The van der Waals surface area contributed by atoms with Crippen molar-refractivity contribution in [3.63, 3.8) is 0 Å². The van der Waals surface area contributed by atoms with Crippen LogP contribution in [0.2, 0.25) is 0 Å². The van der Waals surface area contributed by atoms with E-state index in [2.05, 4.69) is 16.3 Å². The zero-order chi connectivity index (χ0) is 13.7. The largest absolute Gasteiger partial charge is 0.379 e. The summed E-state index contributed by atoms with van der Waals surface area (Å²) in [6.07, 6.45) is 0. The molecule has 1 atom stereocenters. The zero-order valence-corrected chi connectivity index (χ0v) is 10.9. The number of para-hydroxylation sites is 1. The summed E-state index contributed by atoms with van der Waals surface area (Å²) in [6.45, 7) is 4.71. The molecule has 1 heterocycles. The van der Waals surface area contributed by atoms with E-state index in [0.29, 0.717) is 24.5 Å². The van der Waals surface area contributed by atoms with Crippen molar-refractivity contribution < 1.29 is 9.53 Å². The molecule has 100 valence electrons. The molecule has 1 amide bonds. The van der Waals surface area contributed by atoms with Crippen molar-refractivity contribution in [2.45, 2.75) is 13.0 Å². The Labute approximate surface area is 112 Å². The lowest BCUT2D eigenvalue weighted by Crippen LogP contribution is -2.47. The Kier molecular flexibility index (Phi) is 4.50. The number of carbonyl (C=O) groups excluding carboxylic acids is 1. The number of hydrogen-bond donors (Lipinski definition) is 1. The van der Waals surface area contributed by atoms with Crippen LogP contribution in [-0.2, 0) is 9.53 Å². The van der Waals surface area contributed by atoms with Gasteiger partial charge in [0.15, 0.2) is 0 Å². The SMILES string of the molecule is CC(C(=O)Nc1ccccc1C#N)N1CCOCC1. The lowest BCUT2D eigenvalue weighted by molar-refractivity contribution is -0.122. The number of carbonyl (C=O) groups is 1. The van der Waals surface area contributed by atoms with Crippen LogP contribution in [-0.4, -0.2) is 43.2 Å². The van der Waals surface area contributed by atoms with Crippen molar-refractivity contribution in [1.82, 2.24) is 4.90 Å². The summed E-state index contributed by atoms with van der Waals surface area (Å²) in [6, 6.07) is 8.85. The second-order valence-corrected chi connectivity index (χ2v) is 4.47. The summed E-state index contributed by atoms with van der Waals surface area (Å²) in [7, 11) is 0. The maximum Gasteiger partial charge on any atom is 0.241 e. The highest BCUT2D eigenvalue weighted by molar-refractivity contribution is 5.95. The fourth-order valence-corrected chi connectivity index (χ4v) is 2.06. The van der Waals surface area contributed by atoms with Crippen LogP contribution < -0.4 is 5.32 Å². The van der Waals surface area contributed by atoms with Gasteiger partial charge < -0.3 is 10.1 Å². The Bertz CT molecular complexity index is 490. The third-order valence-electron chi connectivity index (χ3n) is 3.28. The van der Waals surface area contributed by atoms with E-state index in [-0.39, 0.29) is 11.9 Å². The van der Waals surface area contributed by atoms with Crippen LogP contribution in [0.3, 0.4) is 0 Å². The minimum atomic E-state index is -0.226. The minimum absolute atomic E-state index is 0.0930. The number of morpholine rings is 1. The maximum absolute atomic E-state index is 12.2. The number of ether oxygens (including phenoxy) is 1. The number of benzene rings is 1. The third-order valence-corrected chi connectivity index (χ3v) is 3.28. The summed E-state index contributed by atoms with van der Waals surface area (Å²) in [4.78, 5) is 14.3. The molecular formula is C14H17N3O2. The van der Waals surface area contributed by atoms with Gasteiger partial charge in [-0.05, 0) is 19.1 Å². The Balaban J connectivity index is 2.02. The first kappa shape index (κ1) is 13.5. The summed E-state index contributed by atoms with van der Waals surface area (Å²) in [5.74, 6) is -0.0930. The number of anilines is 1. The fourth-order valence-electron chi connectivity index (χ4n) is 2.06. The van der Waals surface area contributed by atoms with E-state index in [1.807, 2.05) is 6.92 Å². The van der Waals surface area contributed by atoms with Crippen LogP contribution in [0.15, 0.2) is 24.3 Å². The molecular weight excluding hydrogens is 242 g/mol. The fraction of sp³-hybridized carbons (Fsp3) is 0.429. The first-order valence-electron chi connectivity index (χ1n) is 6.34. The molecule has 1 unspecified atom stereocenters. The molecule has 1 aromatic rings. The average Bonchev–Trinajstić information content (AvgIpc) is 2.48. The molecule has 1 aliphatic heterocycles. The van der Waals surface area contributed by atoms with E-state index in [1.165, 1.54) is 0 Å². The van der Waals surface area contributed by atoms with Gasteiger partial charge in [0.05, 0.1) is 30.5 Å². The van der Waals surface area contributed by atoms with Crippen molar-refractivity contribution in [2.24, 2.45) is 0 Å². The van der Waals surface area contributed by atoms with E-state index in [9.17, 15) is 4.79 Å². The van der Waals surface area contributed by atoms with Gasteiger partial charge in [0.2, 0.25) is 5.91 Å². The molecule has 1 aliphatic rings. The van der Waals surface area contributed by atoms with Gasteiger partial charge in [-0.25, -0.2) is 0 Å². The molecule has 2 rings (SSSR count). The van der Waals surface area contributed by atoms with Crippen LogP contribution in [0.1, 0.15) is 12.5 Å². The summed E-state index contributed by atoms with van der Waals surface area (Å²) in [5, 5.41) is 11.8. The normalized spacial score (nSPS) is 17.5. The van der Waals surface area contributed by atoms with Gasteiger partial charge in [0.25, 0.3) is 0 Å². The van der Waals surface area contributed by atoms with Crippen LogP contribution in [0.4, 0.5) is 5.69 Å². The second kappa shape index (κ2) is 6.32. The topological polar surface area (TPSA) is 65.4 Å². The number of hydrogen-bond acceptors (Lipinski definition) is 4. The maximum atomic E-state index is 12.2. The van der Waals surface area contributed by atoms with Crippen molar-refractivity contribution in [3.05, 3.63) is 29.8 Å². The Morgan fingerprint density at radius 3 is 2.79 bits per heavy atom. The van der Waals surface area contributed by atoms with Crippen LogP contribution >= 0.6 is 0 Å². The van der Waals surface area contributed by atoms with Gasteiger partial charge in [-0.3, -0.25) is 9.69 Å². The van der Waals surface area contributed by atoms with Crippen molar-refractivity contribution in [1.29, 1.82) is 5.26 Å². The molecule has 1 N–H and O–H groups in total. The highest BCUT2D eigenvalue weighted by Gasteiger charge is 2.23. The first-order valence-corrected chi connectivity index (χ1v) is 6.34. The Morgan fingerprint density at radius 1 is 1.42 bits per heavy atom. The van der Waals surface area contributed by atoms with Gasteiger partial charge in [-0.15, -0.1) is 0 Å². The number of nitrogens with one attached hydrogen (secondary N) is 1. The Hall–Kier alpha value is -1.90. The molecule has 19 heavy (non-hydrogen) atoms. The van der Waals surface area contributed by atoms with Crippen molar-refractivity contribution in [2.75, 3.05) is 31.6 Å². The lowest BCUT2D eigenvalue weighted by atomic mass is 10.1. The highest BCUT2D eigenvalue weighted by atomic mass is 16.5. The summed E-state index contributed by atoms with van der Waals surface area (Å²) < 4.78 is 5.27. The predicted molar refractivity (Wildman–Crippen MR) is 71.6 cm³/mol. The van der Waals surface area contributed by atoms with E-state index in [0.717, 1.165) is 13.1 Å². The number of nitriles is 1. The molecule has 5 heteroatoms. The number of nitrogens with zero attached hydrogens (tertiary/aromatic N) is 2. The molecule has 0 radical (unpaired) electrons. The standard InChI is InChI=1S/C14H17N3O2/c1-11(17-6-8-19-9-7-17)14(18)16-13-5-3-2-4-12(13)10-15/h2-5,11H,6-9H2,1H3,(H,16,18). The third kappa shape index (κ3) is 3.31. The van der Waals surface area contributed by atoms with Gasteiger partial charge >= 0.3 is 0 Å². The van der Waals surface area contributed by atoms with Gasteiger partial charge in [-0.1, -0.05) is 12.1 Å². The molecule has 0 spiro atoms. The minimum Gasteiger partial charge on any atom is -0.379 e. The second-order valence-electron chi connectivity index (χ2n) is 4.47. The van der Waals surface area contributed by atoms with Gasteiger partial charge in [0.1, 0.15) is 6.07 Å². The first-order chi connectivity index (χ1) is 9.22. The monoisotopic (exact) mass is 259 g/mol. The van der Waals surface area contributed by atoms with E-state index >= 15 is 0 Å². The molecule has 1 saturated heterocycles. The van der Waals surface area contributed by atoms with E-state index in [4.69, 9.17) is 10.00 Å². The van der Waals surface area contributed by atoms with Crippen LogP contribution in [0, 0.1) is 11.3 Å². The predicted octanol–water partition coefficient (Wildman–Crippen LogP) is 1.22. The van der Waals surface area contributed by atoms with Crippen LogP contribution in [0.25, 0.3) is 0 Å². The smallest absolute Gasteiger partial charge is 0.241 e. The van der Waals surface area contributed by atoms with Crippen LogP contribution in [0.5, 0.6) is 0 Å². The lowest BCUT2D eigenvalue weighted by Gasteiger charge is -2.31. The average molecular weight is 259 g/mol. The highest BCUT2D eigenvalue weighted by Crippen LogP contribution is 2.15. The van der Waals surface area contributed by atoms with Crippen molar-refractivity contribution in [3.8, 4) is 6.07 Å².